The molecule has 100 valence electrons. The Morgan fingerprint density at radius 3 is 2.35 bits per heavy atom. The molecule has 0 atom stereocenters. The number of nitrogens with zero attached hydrogens (tertiary/aromatic N) is 2. The molecule has 0 aromatic heterocycles. The van der Waals surface area contributed by atoms with Crippen molar-refractivity contribution >= 4 is 0 Å². The van der Waals surface area contributed by atoms with Gasteiger partial charge in [0.2, 0.25) is 0 Å². The van der Waals surface area contributed by atoms with Crippen LogP contribution in [0.15, 0.2) is 0 Å². The first-order chi connectivity index (χ1) is 8.38. The van der Waals surface area contributed by atoms with Gasteiger partial charge in [0.25, 0.3) is 0 Å². The van der Waals surface area contributed by atoms with E-state index >= 15 is 0 Å². The van der Waals surface area contributed by atoms with Crippen LogP contribution in [-0.2, 0) is 4.74 Å². The number of ether oxygens (including phenoxy) is 1. The standard InChI is InChI=1S/C13H27N3O/c1-14-4-5-15-6-8-16(9-7-15)12-13-2-10-17-11-3-13/h13-14H,2-12H2,1H3. The van der Waals surface area contributed by atoms with Gasteiger partial charge in [-0.25, -0.2) is 0 Å². The molecule has 2 aliphatic heterocycles. The summed E-state index contributed by atoms with van der Waals surface area (Å²) in [5.74, 6) is 0.882. The molecule has 0 aliphatic carbocycles. The van der Waals surface area contributed by atoms with Gasteiger partial charge < -0.3 is 15.0 Å². The van der Waals surface area contributed by atoms with E-state index in [9.17, 15) is 0 Å². The van der Waals surface area contributed by atoms with E-state index in [4.69, 9.17) is 4.74 Å². The number of rotatable bonds is 5. The van der Waals surface area contributed by atoms with E-state index in [1.807, 2.05) is 7.05 Å². The van der Waals surface area contributed by atoms with E-state index in [1.165, 1.54) is 52.1 Å². The highest BCUT2D eigenvalue weighted by molar-refractivity contribution is 4.75. The van der Waals surface area contributed by atoms with E-state index in [0.29, 0.717) is 0 Å². The zero-order valence-electron chi connectivity index (χ0n) is 11.2. The summed E-state index contributed by atoms with van der Waals surface area (Å²) in [5, 5.41) is 3.22. The fourth-order valence-corrected chi connectivity index (χ4v) is 2.76. The van der Waals surface area contributed by atoms with Crippen LogP contribution in [0.2, 0.25) is 0 Å². The van der Waals surface area contributed by atoms with Crippen molar-refractivity contribution in [3.8, 4) is 0 Å². The van der Waals surface area contributed by atoms with Gasteiger partial charge in [0.1, 0.15) is 0 Å². The number of hydrogen-bond acceptors (Lipinski definition) is 4. The van der Waals surface area contributed by atoms with Crippen LogP contribution in [0.3, 0.4) is 0 Å². The molecule has 2 rings (SSSR count). The van der Waals surface area contributed by atoms with Crippen LogP contribution in [0, 0.1) is 5.92 Å². The maximum absolute atomic E-state index is 5.42. The molecular formula is C13H27N3O. The molecule has 0 saturated carbocycles. The maximum Gasteiger partial charge on any atom is 0.0469 e. The number of hydrogen-bond donors (Lipinski definition) is 1. The van der Waals surface area contributed by atoms with Gasteiger partial charge in [-0.1, -0.05) is 0 Å². The predicted molar refractivity (Wildman–Crippen MR) is 70.3 cm³/mol. The lowest BCUT2D eigenvalue weighted by atomic mass is 9.99. The number of nitrogens with one attached hydrogen (secondary N) is 1. The summed E-state index contributed by atoms with van der Waals surface area (Å²) in [6, 6.07) is 0. The minimum absolute atomic E-state index is 0.882. The SMILES string of the molecule is CNCCN1CCN(CC2CCOCC2)CC1. The lowest BCUT2D eigenvalue weighted by Crippen LogP contribution is -2.49. The molecule has 2 aliphatic rings. The maximum atomic E-state index is 5.42. The third-order valence-electron chi connectivity index (χ3n) is 4.00. The van der Waals surface area contributed by atoms with Crippen molar-refractivity contribution in [3.05, 3.63) is 0 Å². The largest absolute Gasteiger partial charge is 0.381 e. The average Bonchev–Trinajstić information content (AvgIpc) is 2.39. The average molecular weight is 241 g/mol. The molecule has 0 radical (unpaired) electrons. The first-order valence-corrected chi connectivity index (χ1v) is 7.05. The van der Waals surface area contributed by atoms with Crippen molar-refractivity contribution in [2.75, 3.05) is 66.1 Å². The van der Waals surface area contributed by atoms with Crippen LogP contribution < -0.4 is 5.32 Å². The van der Waals surface area contributed by atoms with Gasteiger partial charge in [0.15, 0.2) is 0 Å². The van der Waals surface area contributed by atoms with Gasteiger partial charge in [-0.05, 0) is 25.8 Å². The van der Waals surface area contributed by atoms with Gasteiger partial charge in [0, 0.05) is 59.0 Å². The van der Waals surface area contributed by atoms with E-state index in [1.54, 1.807) is 0 Å². The molecule has 0 unspecified atom stereocenters. The first kappa shape index (κ1) is 13.3. The molecule has 2 heterocycles. The molecule has 0 amide bonds. The summed E-state index contributed by atoms with van der Waals surface area (Å²) >= 11 is 0. The third-order valence-corrected chi connectivity index (χ3v) is 4.00. The van der Waals surface area contributed by atoms with Crippen LogP contribution in [0.5, 0.6) is 0 Å². The first-order valence-electron chi connectivity index (χ1n) is 7.05. The molecule has 2 saturated heterocycles. The third kappa shape index (κ3) is 4.54. The van der Waals surface area contributed by atoms with Crippen LogP contribution in [0.1, 0.15) is 12.8 Å². The normalized spacial score (nSPS) is 25.2. The molecule has 17 heavy (non-hydrogen) atoms. The monoisotopic (exact) mass is 241 g/mol. The second-order valence-corrected chi connectivity index (χ2v) is 5.30. The van der Waals surface area contributed by atoms with E-state index in [-0.39, 0.29) is 0 Å². The summed E-state index contributed by atoms with van der Waals surface area (Å²) in [4.78, 5) is 5.21. The van der Waals surface area contributed by atoms with E-state index in [2.05, 4.69) is 15.1 Å². The Morgan fingerprint density at radius 2 is 1.71 bits per heavy atom. The highest BCUT2D eigenvalue weighted by atomic mass is 16.5. The van der Waals surface area contributed by atoms with Gasteiger partial charge in [-0.2, -0.15) is 0 Å². The fourth-order valence-electron chi connectivity index (χ4n) is 2.76. The summed E-state index contributed by atoms with van der Waals surface area (Å²) in [5.41, 5.74) is 0. The van der Waals surface area contributed by atoms with Crippen LogP contribution in [-0.4, -0.2) is 75.9 Å². The van der Waals surface area contributed by atoms with Crippen LogP contribution >= 0.6 is 0 Å². The minimum Gasteiger partial charge on any atom is -0.381 e. The van der Waals surface area contributed by atoms with E-state index < -0.39 is 0 Å². The van der Waals surface area contributed by atoms with Crippen molar-refractivity contribution in [3.63, 3.8) is 0 Å². The Labute approximate surface area is 105 Å². The Bertz CT molecular complexity index is 199. The summed E-state index contributed by atoms with van der Waals surface area (Å²) in [6.45, 7) is 10.5. The fraction of sp³-hybridized carbons (Fsp3) is 1.00. The van der Waals surface area contributed by atoms with E-state index in [0.717, 1.165) is 25.7 Å². The molecule has 0 aromatic rings. The van der Waals surface area contributed by atoms with Crippen molar-refractivity contribution in [2.24, 2.45) is 5.92 Å². The lowest BCUT2D eigenvalue weighted by molar-refractivity contribution is 0.0425. The molecule has 0 aromatic carbocycles. The van der Waals surface area contributed by atoms with Crippen molar-refractivity contribution < 1.29 is 4.74 Å². The second kappa shape index (κ2) is 7.31. The number of likely N-dealkylation sites (N-methyl/N-ethyl adjacent to an activating group) is 1. The molecule has 4 heteroatoms. The molecule has 0 spiro atoms. The smallest absolute Gasteiger partial charge is 0.0469 e. The zero-order chi connectivity index (χ0) is 11.9. The Kier molecular flexibility index (Phi) is 5.71. The van der Waals surface area contributed by atoms with Crippen molar-refractivity contribution in [2.45, 2.75) is 12.8 Å². The van der Waals surface area contributed by atoms with Crippen molar-refractivity contribution in [1.82, 2.24) is 15.1 Å². The molecule has 2 fully saturated rings. The highest BCUT2D eigenvalue weighted by Crippen LogP contribution is 2.16. The Morgan fingerprint density at radius 1 is 1.06 bits per heavy atom. The summed E-state index contributed by atoms with van der Waals surface area (Å²) < 4.78 is 5.42. The lowest BCUT2D eigenvalue weighted by Gasteiger charge is -2.37. The Balaban J connectivity index is 1.61. The van der Waals surface area contributed by atoms with Gasteiger partial charge in [-0.3, -0.25) is 4.90 Å². The summed E-state index contributed by atoms with van der Waals surface area (Å²) in [7, 11) is 2.03. The van der Waals surface area contributed by atoms with Crippen molar-refractivity contribution in [1.29, 1.82) is 0 Å². The zero-order valence-corrected chi connectivity index (χ0v) is 11.2. The predicted octanol–water partition coefficient (Wildman–Crippen LogP) is 0.250. The molecular weight excluding hydrogens is 214 g/mol. The molecule has 4 nitrogen and oxygen atoms in total. The van der Waals surface area contributed by atoms with Gasteiger partial charge >= 0.3 is 0 Å². The highest BCUT2D eigenvalue weighted by Gasteiger charge is 2.21. The van der Waals surface area contributed by atoms with Crippen LogP contribution in [0.4, 0.5) is 0 Å². The van der Waals surface area contributed by atoms with Crippen LogP contribution in [0.25, 0.3) is 0 Å². The van der Waals surface area contributed by atoms with Gasteiger partial charge in [-0.15, -0.1) is 0 Å². The molecule has 0 bridgehead atoms. The molecule has 1 N–H and O–H groups in total. The topological polar surface area (TPSA) is 27.7 Å². The quantitative estimate of drug-likeness (QED) is 0.747. The number of piperazine rings is 1. The minimum atomic E-state index is 0.882. The second-order valence-electron chi connectivity index (χ2n) is 5.30. The summed E-state index contributed by atoms with van der Waals surface area (Å²) in [6.07, 6.45) is 2.53. The Hall–Kier alpha value is -0.160. The van der Waals surface area contributed by atoms with Gasteiger partial charge in [0.05, 0.1) is 0 Å².